The molecule has 0 bridgehead atoms. The number of hydrogen-bond donors (Lipinski definition) is 1. The summed E-state index contributed by atoms with van der Waals surface area (Å²) in [6, 6.07) is 11.9. The zero-order chi connectivity index (χ0) is 19.3. The van der Waals surface area contributed by atoms with Crippen molar-refractivity contribution in [2.75, 3.05) is 18.4 Å². The Kier molecular flexibility index (Phi) is 6.06. The molecule has 1 amide bonds. The fourth-order valence-electron chi connectivity index (χ4n) is 2.32. The summed E-state index contributed by atoms with van der Waals surface area (Å²) in [5.74, 6) is -0.574. The van der Waals surface area contributed by atoms with Crippen molar-refractivity contribution in [3.8, 4) is 0 Å². The number of sulfonamides is 1. The lowest BCUT2D eigenvalue weighted by Gasteiger charge is -2.20. The monoisotopic (exact) mass is 377 g/mol. The van der Waals surface area contributed by atoms with Gasteiger partial charge in [-0.25, -0.2) is 8.42 Å². The number of rotatable bonds is 7. The van der Waals surface area contributed by atoms with Crippen LogP contribution in [0.15, 0.2) is 53.4 Å². The maximum atomic E-state index is 12.6. The van der Waals surface area contributed by atoms with Gasteiger partial charge in [-0.15, -0.1) is 0 Å². The Bertz CT molecular complexity index is 913. The van der Waals surface area contributed by atoms with Crippen LogP contribution in [0.2, 0.25) is 0 Å². The zero-order valence-electron chi connectivity index (χ0n) is 14.4. The second-order valence-corrected chi connectivity index (χ2v) is 7.49. The molecule has 2 aromatic rings. The van der Waals surface area contributed by atoms with Gasteiger partial charge in [0, 0.05) is 18.7 Å². The largest absolute Gasteiger partial charge is 0.324 e. The quantitative estimate of drug-likeness (QED) is 0.589. The molecule has 0 atom stereocenters. The van der Waals surface area contributed by atoms with E-state index in [9.17, 15) is 23.3 Å². The number of nitrogens with one attached hydrogen (secondary N) is 1. The van der Waals surface area contributed by atoms with Crippen LogP contribution in [0.1, 0.15) is 12.5 Å². The molecule has 0 radical (unpaired) electrons. The van der Waals surface area contributed by atoms with Crippen molar-refractivity contribution >= 4 is 27.3 Å². The Morgan fingerprint density at radius 1 is 1.19 bits per heavy atom. The van der Waals surface area contributed by atoms with E-state index in [-0.39, 0.29) is 22.8 Å². The second kappa shape index (κ2) is 8.07. The van der Waals surface area contributed by atoms with E-state index in [1.54, 1.807) is 32.0 Å². The molecule has 0 saturated carbocycles. The van der Waals surface area contributed by atoms with Crippen molar-refractivity contribution in [1.29, 1.82) is 0 Å². The first kappa shape index (κ1) is 19.5. The maximum absolute atomic E-state index is 12.6. The first-order valence-electron chi connectivity index (χ1n) is 7.85. The van der Waals surface area contributed by atoms with Crippen LogP contribution < -0.4 is 5.32 Å². The zero-order valence-corrected chi connectivity index (χ0v) is 15.2. The molecule has 8 nitrogen and oxygen atoms in total. The van der Waals surface area contributed by atoms with E-state index in [1.807, 2.05) is 0 Å². The molecule has 1 N–H and O–H groups in total. The van der Waals surface area contributed by atoms with Gasteiger partial charge in [0.2, 0.25) is 15.9 Å². The van der Waals surface area contributed by atoms with Gasteiger partial charge in [-0.2, -0.15) is 4.31 Å². The third-order valence-electron chi connectivity index (χ3n) is 3.76. The predicted octanol–water partition coefficient (Wildman–Crippen LogP) is 2.55. The van der Waals surface area contributed by atoms with Crippen LogP contribution in [0.4, 0.5) is 11.4 Å². The fraction of sp³-hybridized carbons (Fsp3) is 0.235. The van der Waals surface area contributed by atoms with E-state index in [4.69, 9.17) is 0 Å². The predicted molar refractivity (Wildman–Crippen MR) is 97.3 cm³/mol. The van der Waals surface area contributed by atoms with E-state index in [1.165, 1.54) is 30.3 Å². The van der Waals surface area contributed by atoms with Crippen LogP contribution in [-0.4, -0.2) is 36.6 Å². The molecule has 0 saturated heterocycles. The van der Waals surface area contributed by atoms with Crippen LogP contribution >= 0.6 is 0 Å². The van der Waals surface area contributed by atoms with Gasteiger partial charge in [0.1, 0.15) is 0 Å². The topological polar surface area (TPSA) is 110 Å². The first-order valence-corrected chi connectivity index (χ1v) is 9.29. The Hall–Kier alpha value is -2.78. The number of non-ortho nitro benzene ring substituents is 1. The number of benzene rings is 2. The summed E-state index contributed by atoms with van der Waals surface area (Å²) in [6.07, 6.45) is 0. The molecule has 9 heteroatoms. The number of nitro groups is 1. The van der Waals surface area contributed by atoms with Crippen LogP contribution in [0.25, 0.3) is 0 Å². The Morgan fingerprint density at radius 3 is 2.42 bits per heavy atom. The van der Waals surface area contributed by atoms with Gasteiger partial charge in [-0.3, -0.25) is 14.9 Å². The molecule has 0 aromatic heterocycles. The summed E-state index contributed by atoms with van der Waals surface area (Å²) in [6.45, 7) is 3.04. The van der Waals surface area contributed by atoms with Crippen molar-refractivity contribution in [1.82, 2.24) is 4.31 Å². The highest BCUT2D eigenvalue weighted by atomic mass is 32.2. The molecular formula is C17H19N3O5S. The Balaban J connectivity index is 2.18. The van der Waals surface area contributed by atoms with E-state index >= 15 is 0 Å². The minimum Gasteiger partial charge on any atom is -0.324 e. The normalized spacial score (nSPS) is 11.3. The van der Waals surface area contributed by atoms with Crippen molar-refractivity contribution in [2.24, 2.45) is 0 Å². The lowest BCUT2D eigenvalue weighted by molar-refractivity contribution is -0.384. The standard InChI is InChI=1S/C17H19N3O5S/c1-3-19(26(24,25)15-7-5-4-6-8-15)12-17(21)18-16-11-14(20(22)23)10-9-13(16)2/h4-11H,3,12H2,1-2H3,(H,18,21). The highest BCUT2D eigenvalue weighted by Gasteiger charge is 2.25. The summed E-state index contributed by atoms with van der Waals surface area (Å²) in [7, 11) is -3.81. The lowest BCUT2D eigenvalue weighted by atomic mass is 10.2. The van der Waals surface area contributed by atoms with Crippen LogP contribution in [0.5, 0.6) is 0 Å². The summed E-state index contributed by atoms with van der Waals surface area (Å²) in [5, 5.41) is 13.4. The number of amides is 1. The summed E-state index contributed by atoms with van der Waals surface area (Å²) < 4.78 is 26.3. The Labute approximate surface area is 151 Å². The summed E-state index contributed by atoms with van der Waals surface area (Å²) in [4.78, 5) is 22.7. The maximum Gasteiger partial charge on any atom is 0.271 e. The average molecular weight is 377 g/mol. The minimum absolute atomic E-state index is 0.0983. The van der Waals surface area contributed by atoms with Gasteiger partial charge < -0.3 is 5.32 Å². The molecular weight excluding hydrogens is 358 g/mol. The van der Waals surface area contributed by atoms with Gasteiger partial charge in [0.25, 0.3) is 5.69 Å². The van der Waals surface area contributed by atoms with Crippen LogP contribution in [0.3, 0.4) is 0 Å². The average Bonchev–Trinajstić information content (AvgIpc) is 2.62. The van der Waals surface area contributed by atoms with Gasteiger partial charge in [-0.05, 0) is 24.6 Å². The van der Waals surface area contributed by atoms with E-state index in [0.717, 1.165) is 4.31 Å². The number of aryl methyl sites for hydroxylation is 1. The third kappa shape index (κ3) is 4.44. The van der Waals surface area contributed by atoms with Crippen molar-refractivity contribution in [3.63, 3.8) is 0 Å². The number of nitrogens with zero attached hydrogens (tertiary/aromatic N) is 2. The van der Waals surface area contributed by atoms with Crippen molar-refractivity contribution < 1.29 is 18.1 Å². The third-order valence-corrected chi connectivity index (χ3v) is 5.69. The molecule has 0 aliphatic rings. The van der Waals surface area contributed by atoms with Gasteiger partial charge >= 0.3 is 0 Å². The molecule has 2 aromatic carbocycles. The molecule has 0 heterocycles. The number of nitro benzene ring substituents is 1. The van der Waals surface area contributed by atoms with E-state index < -0.39 is 27.4 Å². The molecule has 0 aliphatic carbocycles. The second-order valence-electron chi connectivity index (χ2n) is 5.55. The molecule has 0 unspecified atom stereocenters. The molecule has 2 rings (SSSR count). The van der Waals surface area contributed by atoms with Crippen molar-refractivity contribution in [2.45, 2.75) is 18.7 Å². The molecule has 0 fully saturated rings. The molecule has 0 spiro atoms. The van der Waals surface area contributed by atoms with E-state index in [0.29, 0.717) is 5.56 Å². The Morgan fingerprint density at radius 2 is 1.85 bits per heavy atom. The lowest BCUT2D eigenvalue weighted by Crippen LogP contribution is -2.37. The van der Waals surface area contributed by atoms with Crippen LogP contribution in [0, 0.1) is 17.0 Å². The van der Waals surface area contributed by atoms with Crippen molar-refractivity contribution in [3.05, 3.63) is 64.2 Å². The first-order chi connectivity index (χ1) is 12.3. The summed E-state index contributed by atoms with van der Waals surface area (Å²) in [5.41, 5.74) is 0.755. The van der Waals surface area contributed by atoms with Crippen LogP contribution in [-0.2, 0) is 14.8 Å². The molecule has 0 aliphatic heterocycles. The van der Waals surface area contributed by atoms with E-state index in [2.05, 4.69) is 5.32 Å². The fourth-order valence-corrected chi connectivity index (χ4v) is 3.74. The highest BCUT2D eigenvalue weighted by molar-refractivity contribution is 7.89. The molecule has 138 valence electrons. The number of anilines is 1. The number of likely N-dealkylation sites (N-methyl/N-ethyl adjacent to an activating group) is 1. The van der Waals surface area contributed by atoms with Gasteiger partial charge in [0.15, 0.2) is 0 Å². The molecule has 26 heavy (non-hydrogen) atoms. The minimum atomic E-state index is -3.81. The number of carbonyl (C=O) groups excluding carboxylic acids is 1. The number of hydrogen-bond acceptors (Lipinski definition) is 5. The SMILES string of the molecule is CCN(CC(=O)Nc1cc([N+](=O)[O-])ccc1C)S(=O)(=O)c1ccccc1. The van der Waals surface area contributed by atoms with Gasteiger partial charge in [-0.1, -0.05) is 31.2 Å². The smallest absolute Gasteiger partial charge is 0.271 e. The van der Waals surface area contributed by atoms with Gasteiger partial charge in [0.05, 0.1) is 22.1 Å². The number of carbonyl (C=O) groups is 1. The summed E-state index contributed by atoms with van der Waals surface area (Å²) >= 11 is 0. The highest BCUT2D eigenvalue weighted by Crippen LogP contribution is 2.22.